The fourth-order valence-corrected chi connectivity index (χ4v) is 3.79. The zero-order chi connectivity index (χ0) is 13.5. The first-order valence-electron chi connectivity index (χ1n) is 6.67. The maximum absolute atomic E-state index is 4.64. The SMILES string of the molecule is CC(C)(C)C(Nc1nc(C2CC2)ns1)c1cccs1. The Kier molecular flexibility index (Phi) is 3.35. The van der Waals surface area contributed by atoms with E-state index in [1.165, 1.54) is 29.3 Å². The molecule has 0 bridgehead atoms. The highest BCUT2D eigenvalue weighted by molar-refractivity contribution is 7.10. The minimum absolute atomic E-state index is 0.149. The molecule has 0 aromatic carbocycles. The molecule has 19 heavy (non-hydrogen) atoms. The van der Waals surface area contributed by atoms with Crippen molar-refractivity contribution in [1.82, 2.24) is 9.36 Å². The summed E-state index contributed by atoms with van der Waals surface area (Å²) in [5.74, 6) is 1.66. The summed E-state index contributed by atoms with van der Waals surface area (Å²) in [6.07, 6.45) is 2.51. The minimum atomic E-state index is 0.149. The van der Waals surface area contributed by atoms with Crippen LogP contribution in [0.15, 0.2) is 17.5 Å². The molecule has 0 spiro atoms. The van der Waals surface area contributed by atoms with E-state index in [1.807, 2.05) is 0 Å². The van der Waals surface area contributed by atoms with Crippen LogP contribution < -0.4 is 5.32 Å². The lowest BCUT2D eigenvalue weighted by Gasteiger charge is -2.30. The van der Waals surface area contributed by atoms with Gasteiger partial charge in [0.1, 0.15) is 5.82 Å². The van der Waals surface area contributed by atoms with E-state index in [2.05, 4.69) is 53.0 Å². The maximum Gasteiger partial charge on any atom is 0.203 e. The normalized spacial score (nSPS) is 17.4. The van der Waals surface area contributed by atoms with Gasteiger partial charge in [0.15, 0.2) is 0 Å². The molecule has 0 radical (unpaired) electrons. The number of aromatic nitrogens is 2. The average Bonchev–Trinajstić information content (AvgIpc) is 2.89. The Morgan fingerprint density at radius 1 is 1.37 bits per heavy atom. The van der Waals surface area contributed by atoms with Gasteiger partial charge < -0.3 is 5.32 Å². The maximum atomic E-state index is 4.64. The Balaban J connectivity index is 1.80. The van der Waals surface area contributed by atoms with Gasteiger partial charge in [-0.25, -0.2) is 4.98 Å². The van der Waals surface area contributed by atoms with Crippen molar-refractivity contribution in [3.63, 3.8) is 0 Å². The van der Waals surface area contributed by atoms with Crippen LogP contribution in [0.1, 0.15) is 56.3 Å². The highest BCUT2D eigenvalue weighted by Gasteiger charge is 2.30. The quantitative estimate of drug-likeness (QED) is 0.889. The fourth-order valence-electron chi connectivity index (χ4n) is 2.09. The predicted octanol–water partition coefficient (Wildman–Crippen LogP) is 4.68. The Morgan fingerprint density at radius 3 is 2.74 bits per heavy atom. The van der Waals surface area contributed by atoms with Gasteiger partial charge in [0, 0.05) is 22.3 Å². The van der Waals surface area contributed by atoms with E-state index < -0.39 is 0 Å². The van der Waals surface area contributed by atoms with E-state index >= 15 is 0 Å². The molecule has 3 nitrogen and oxygen atoms in total. The van der Waals surface area contributed by atoms with Crippen molar-refractivity contribution >= 4 is 28.0 Å². The molecule has 5 heteroatoms. The molecule has 1 atom stereocenters. The van der Waals surface area contributed by atoms with Crippen LogP contribution in [0, 0.1) is 5.41 Å². The molecule has 1 fully saturated rings. The first-order chi connectivity index (χ1) is 9.04. The molecule has 1 saturated carbocycles. The largest absolute Gasteiger partial charge is 0.352 e. The van der Waals surface area contributed by atoms with Crippen molar-refractivity contribution in [2.75, 3.05) is 5.32 Å². The number of nitrogens with zero attached hydrogens (tertiary/aromatic N) is 2. The van der Waals surface area contributed by atoms with Gasteiger partial charge in [-0.05, 0) is 29.7 Å². The summed E-state index contributed by atoms with van der Waals surface area (Å²) in [6, 6.07) is 4.58. The third-order valence-electron chi connectivity index (χ3n) is 3.35. The van der Waals surface area contributed by atoms with E-state index in [4.69, 9.17) is 0 Å². The van der Waals surface area contributed by atoms with Crippen LogP contribution in [0.2, 0.25) is 0 Å². The van der Waals surface area contributed by atoms with Crippen molar-refractivity contribution in [2.45, 2.75) is 45.6 Å². The molecule has 0 saturated heterocycles. The van der Waals surface area contributed by atoms with Gasteiger partial charge in [-0.15, -0.1) is 11.3 Å². The third kappa shape index (κ3) is 2.98. The lowest BCUT2D eigenvalue weighted by Crippen LogP contribution is -2.24. The second-order valence-electron chi connectivity index (χ2n) is 6.19. The van der Waals surface area contributed by atoms with Crippen molar-refractivity contribution in [3.8, 4) is 0 Å². The Bertz CT molecular complexity index is 535. The van der Waals surface area contributed by atoms with Crippen LogP contribution >= 0.6 is 22.9 Å². The monoisotopic (exact) mass is 293 g/mol. The molecule has 3 rings (SSSR count). The standard InChI is InChI=1S/C14H19N3S2/c1-14(2,3)11(10-5-4-8-18-10)15-13-16-12(17-19-13)9-6-7-9/h4-5,8-9,11H,6-7H2,1-3H3,(H,15,16,17). The van der Waals surface area contributed by atoms with Gasteiger partial charge in [-0.3, -0.25) is 0 Å². The zero-order valence-electron chi connectivity index (χ0n) is 11.5. The fraction of sp³-hybridized carbons (Fsp3) is 0.571. The number of hydrogen-bond donors (Lipinski definition) is 1. The van der Waals surface area contributed by atoms with Gasteiger partial charge in [-0.1, -0.05) is 26.8 Å². The van der Waals surface area contributed by atoms with E-state index in [0.29, 0.717) is 5.92 Å². The van der Waals surface area contributed by atoms with E-state index in [0.717, 1.165) is 11.0 Å². The van der Waals surface area contributed by atoms with Crippen molar-refractivity contribution in [3.05, 3.63) is 28.2 Å². The molecule has 2 aromatic rings. The van der Waals surface area contributed by atoms with Gasteiger partial charge in [-0.2, -0.15) is 4.37 Å². The van der Waals surface area contributed by atoms with Crippen LogP contribution in [-0.4, -0.2) is 9.36 Å². The van der Waals surface area contributed by atoms with E-state index in [1.54, 1.807) is 11.3 Å². The van der Waals surface area contributed by atoms with Crippen LogP contribution in [0.3, 0.4) is 0 Å². The molecule has 2 aromatic heterocycles. The second-order valence-corrected chi connectivity index (χ2v) is 7.92. The van der Waals surface area contributed by atoms with Crippen LogP contribution in [0.5, 0.6) is 0 Å². The number of thiophene rings is 1. The van der Waals surface area contributed by atoms with Gasteiger partial charge in [0.25, 0.3) is 0 Å². The highest BCUT2D eigenvalue weighted by Crippen LogP contribution is 2.41. The van der Waals surface area contributed by atoms with Crippen molar-refractivity contribution < 1.29 is 0 Å². The summed E-state index contributed by atoms with van der Waals surface area (Å²) < 4.78 is 4.47. The minimum Gasteiger partial charge on any atom is -0.352 e. The Hall–Kier alpha value is -0.940. The lowest BCUT2D eigenvalue weighted by molar-refractivity contribution is 0.351. The molecule has 1 aliphatic rings. The first-order valence-corrected chi connectivity index (χ1v) is 8.33. The third-order valence-corrected chi connectivity index (χ3v) is 4.94. The summed E-state index contributed by atoms with van der Waals surface area (Å²) in [5.41, 5.74) is 0.149. The molecule has 102 valence electrons. The summed E-state index contributed by atoms with van der Waals surface area (Å²) in [5, 5.41) is 6.66. The smallest absolute Gasteiger partial charge is 0.203 e. The molecular formula is C14H19N3S2. The van der Waals surface area contributed by atoms with Crippen LogP contribution in [0.25, 0.3) is 0 Å². The molecule has 0 amide bonds. The number of rotatable bonds is 4. The Morgan fingerprint density at radius 2 is 2.16 bits per heavy atom. The van der Waals surface area contributed by atoms with Gasteiger partial charge in [0.05, 0.1) is 6.04 Å². The molecule has 0 aliphatic heterocycles. The van der Waals surface area contributed by atoms with Crippen LogP contribution in [0.4, 0.5) is 5.13 Å². The number of anilines is 1. The lowest BCUT2D eigenvalue weighted by atomic mass is 9.86. The number of nitrogens with one attached hydrogen (secondary N) is 1. The van der Waals surface area contributed by atoms with E-state index in [9.17, 15) is 0 Å². The second kappa shape index (κ2) is 4.87. The van der Waals surface area contributed by atoms with E-state index in [-0.39, 0.29) is 11.5 Å². The summed E-state index contributed by atoms with van der Waals surface area (Å²) in [7, 11) is 0. The molecule has 1 N–H and O–H groups in total. The average molecular weight is 293 g/mol. The molecular weight excluding hydrogens is 274 g/mol. The topological polar surface area (TPSA) is 37.8 Å². The van der Waals surface area contributed by atoms with Crippen LogP contribution in [-0.2, 0) is 0 Å². The molecule has 1 unspecified atom stereocenters. The molecule has 2 heterocycles. The van der Waals surface area contributed by atoms with Crippen molar-refractivity contribution in [2.24, 2.45) is 5.41 Å². The first kappa shape index (κ1) is 13.1. The predicted molar refractivity (Wildman–Crippen MR) is 82.0 cm³/mol. The Labute approximate surface area is 122 Å². The number of hydrogen-bond acceptors (Lipinski definition) is 5. The summed E-state index contributed by atoms with van der Waals surface area (Å²) >= 11 is 3.29. The summed E-state index contributed by atoms with van der Waals surface area (Å²) in [6.45, 7) is 6.77. The van der Waals surface area contributed by atoms with Crippen molar-refractivity contribution in [1.29, 1.82) is 0 Å². The molecule has 1 aliphatic carbocycles. The van der Waals surface area contributed by atoms with Gasteiger partial charge >= 0.3 is 0 Å². The zero-order valence-corrected chi connectivity index (χ0v) is 13.1. The highest BCUT2D eigenvalue weighted by atomic mass is 32.1. The summed E-state index contributed by atoms with van der Waals surface area (Å²) in [4.78, 5) is 5.99. The van der Waals surface area contributed by atoms with Gasteiger partial charge in [0.2, 0.25) is 5.13 Å².